The second-order valence-corrected chi connectivity index (χ2v) is 5.48. The summed E-state index contributed by atoms with van der Waals surface area (Å²) in [5.74, 6) is 0.647. The van der Waals surface area contributed by atoms with Crippen molar-refractivity contribution in [2.24, 2.45) is 0 Å². The maximum atomic E-state index is 11.1. The molecule has 0 spiro atoms. The Kier molecular flexibility index (Phi) is 3.22. The monoisotopic (exact) mass is 334 g/mol. The number of rotatable bonds is 3. The molecule has 5 nitrogen and oxygen atoms in total. The maximum Gasteiger partial charge on any atom is 0.153 e. The van der Waals surface area contributed by atoms with E-state index in [2.05, 4.69) is 31.0 Å². The number of halogens is 1. The van der Waals surface area contributed by atoms with Gasteiger partial charge >= 0.3 is 0 Å². The van der Waals surface area contributed by atoms with Gasteiger partial charge in [0.25, 0.3) is 0 Å². The highest BCUT2D eigenvalue weighted by atomic mass is 79.9. The lowest BCUT2D eigenvalue weighted by Crippen LogP contribution is -1.97. The molecule has 94 valence electrons. The molecule has 0 amide bonds. The van der Waals surface area contributed by atoms with E-state index in [1.165, 1.54) is 11.3 Å². The average molecular weight is 335 g/mol. The van der Waals surface area contributed by atoms with Crippen LogP contribution in [0.3, 0.4) is 0 Å². The van der Waals surface area contributed by atoms with Gasteiger partial charge in [-0.1, -0.05) is 0 Å². The van der Waals surface area contributed by atoms with E-state index in [9.17, 15) is 4.79 Å². The molecule has 0 radical (unpaired) electrons. The zero-order chi connectivity index (χ0) is 13.2. The summed E-state index contributed by atoms with van der Waals surface area (Å²) < 4.78 is 2.46. The fraction of sp³-hybridized carbons (Fsp3) is 0. The van der Waals surface area contributed by atoms with Crippen molar-refractivity contribution in [3.05, 3.63) is 46.1 Å². The number of nitrogens with zero attached hydrogens (tertiary/aromatic N) is 4. The first-order valence-corrected chi connectivity index (χ1v) is 7.02. The van der Waals surface area contributed by atoms with Crippen molar-refractivity contribution in [1.82, 2.24) is 19.7 Å². The predicted molar refractivity (Wildman–Crippen MR) is 75.6 cm³/mol. The lowest BCUT2D eigenvalue weighted by Gasteiger charge is -1.99. The number of hydrogen-bond acceptors (Lipinski definition) is 5. The molecule has 7 heteroatoms. The molecule has 3 aromatic heterocycles. The Balaban J connectivity index is 2.09. The zero-order valence-corrected chi connectivity index (χ0v) is 11.9. The van der Waals surface area contributed by atoms with Crippen LogP contribution in [0.4, 0.5) is 0 Å². The third-order valence-corrected chi connectivity index (χ3v) is 3.70. The van der Waals surface area contributed by atoms with Crippen LogP contribution in [-0.4, -0.2) is 26.0 Å². The summed E-state index contributed by atoms with van der Waals surface area (Å²) in [6, 6.07) is 3.69. The molecule has 0 bridgehead atoms. The number of thiazole rings is 1. The molecule has 0 aliphatic rings. The first-order chi connectivity index (χ1) is 9.28. The second-order valence-electron chi connectivity index (χ2n) is 3.67. The van der Waals surface area contributed by atoms with Gasteiger partial charge in [-0.2, -0.15) is 5.10 Å². The van der Waals surface area contributed by atoms with Crippen LogP contribution in [0.1, 0.15) is 10.4 Å². The van der Waals surface area contributed by atoms with E-state index in [1.54, 1.807) is 23.3 Å². The summed E-state index contributed by atoms with van der Waals surface area (Å²) in [4.78, 5) is 19.5. The lowest BCUT2D eigenvalue weighted by molar-refractivity contribution is 0.112. The van der Waals surface area contributed by atoms with E-state index in [1.807, 2.05) is 17.5 Å². The van der Waals surface area contributed by atoms with Crippen molar-refractivity contribution < 1.29 is 4.79 Å². The van der Waals surface area contributed by atoms with Gasteiger partial charge in [0.05, 0.1) is 5.56 Å². The summed E-state index contributed by atoms with van der Waals surface area (Å²) in [7, 11) is 0. The first kappa shape index (κ1) is 12.2. The summed E-state index contributed by atoms with van der Waals surface area (Å²) in [5.41, 5.74) is 1.08. The molecular weight excluding hydrogens is 328 g/mol. The number of aromatic nitrogens is 4. The Bertz CT molecular complexity index is 706. The molecule has 0 saturated carbocycles. The Hall–Kier alpha value is -1.86. The zero-order valence-electron chi connectivity index (χ0n) is 9.52. The average Bonchev–Trinajstić information content (AvgIpc) is 3.08. The Morgan fingerprint density at radius 1 is 1.32 bits per heavy atom. The van der Waals surface area contributed by atoms with Crippen LogP contribution in [0.25, 0.3) is 16.5 Å². The van der Waals surface area contributed by atoms with Crippen molar-refractivity contribution in [2.75, 3.05) is 0 Å². The molecule has 0 aliphatic carbocycles. The van der Waals surface area contributed by atoms with Gasteiger partial charge in [0.2, 0.25) is 0 Å². The maximum absolute atomic E-state index is 11.1. The molecule has 0 aromatic carbocycles. The summed E-state index contributed by atoms with van der Waals surface area (Å²) >= 11 is 4.77. The summed E-state index contributed by atoms with van der Waals surface area (Å²) in [6.07, 6.45) is 5.80. The minimum absolute atomic E-state index is 0.500. The molecule has 3 aromatic rings. The molecule has 0 fully saturated rings. The van der Waals surface area contributed by atoms with Crippen molar-refractivity contribution in [3.8, 4) is 16.5 Å². The molecule has 0 N–H and O–H groups in total. The number of aldehydes is 1. The van der Waals surface area contributed by atoms with E-state index >= 15 is 0 Å². The van der Waals surface area contributed by atoms with Gasteiger partial charge < -0.3 is 0 Å². The van der Waals surface area contributed by atoms with Crippen LogP contribution in [0.15, 0.2) is 40.6 Å². The van der Waals surface area contributed by atoms with Gasteiger partial charge in [-0.3, -0.25) is 4.79 Å². The predicted octanol–water partition coefficient (Wildman–Crippen LogP) is 2.97. The molecule has 3 rings (SSSR count). The SMILES string of the molecule is O=Cc1cn(-c2ccc(Br)cn2)nc1-c1nccs1. The molecule has 19 heavy (non-hydrogen) atoms. The van der Waals surface area contributed by atoms with Gasteiger partial charge in [0, 0.05) is 28.4 Å². The van der Waals surface area contributed by atoms with Crippen LogP contribution in [0, 0.1) is 0 Å². The second kappa shape index (κ2) is 5.02. The van der Waals surface area contributed by atoms with Gasteiger partial charge in [-0.25, -0.2) is 14.6 Å². The minimum atomic E-state index is 0.500. The number of carbonyl (C=O) groups excluding carboxylic acids is 1. The first-order valence-electron chi connectivity index (χ1n) is 5.34. The fourth-order valence-corrected chi connectivity index (χ4v) is 2.48. The van der Waals surface area contributed by atoms with E-state index in [4.69, 9.17) is 0 Å². The van der Waals surface area contributed by atoms with Crippen LogP contribution in [0.5, 0.6) is 0 Å². The quantitative estimate of drug-likeness (QED) is 0.691. The van der Waals surface area contributed by atoms with E-state index in [0.29, 0.717) is 17.1 Å². The van der Waals surface area contributed by atoms with Crippen LogP contribution >= 0.6 is 27.3 Å². The van der Waals surface area contributed by atoms with E-state index in [0.717, 1.165) is 15.8 Å². The highest BCUT2D eigenvalue weighted by Crippen LogP contribution is 2.24. The van der Waals surface area contributed by atoms with Crippen molar-refractivity contribution in [3.63, 3.8) is 0 Å². The minimum Gasteiger partial charge on any atom is -0.298 e. The highest BCUT2D eigenvalue weighted by Gasteiger charge is 2.14. The summed E-state index contributed by atoms with van der Waals surface area (Å²) in [6.45, 7) is 0. The Morgan fingerprint density at radius 2 is 2.21 bits per heavy atom. The highest BCUT2D eigenvalue weighted by molar-refractivity contribution is 9.10. The van der Waals surface area contributed by atoms with Gasteiger partial charge in [0.1, 0.15) is 10.7 Å². The number of hydrogen-bond donors (Lipinski definition) is 0. The normalized spacial score (nSPS) is 10.6. The summed E-state index contributed by atoms with van der Waals surface area (Å²) in [5, 5.41) is 6.95. The van der Waals surface area contributed by atoms with Gasteiger partial charge in [0.15, 0.2) is 12.1 Å². The topological polar surface area (TPSA) is 60.7 Å². The van der Waals surface area contributed by atoms with Crippen molar-refractivity contribution >= 4 is 33.6 Å². The molecule has 0 saturated heterocycles. The smallest absolute Gasteiger partial charge is 0.153 e. The lowest BCUT2D eigenvalue weighted by atomic mass is 10.3. The molecule has 0 unspecified atom stereocenters. The molecular formula is C12H7BrN4OS. The number of pyridine rings is 1. The standard InChI is InChI=1S/C12H7BrN4OS/c13-9-1-2-10(15-5-9)17-6-8(7-18)11(16-17)12-14-3-4-19-12/h1-7H. The van der Waals surface area contributed by atoms with Crippen LogP contribution < -0.4 is 0 Å². The van der Waals surface area contributed by atoms with Crippen LogP contribution in [-0.2, 0) is 0 Å². The third kappa shape index (κ3) is 2.34. The Labute approximate surface area is 121 Å². The molecule has 0 atom stereocenters. The van der Waals surface area contributed by atoms with Crippen molar-refractivity contribution in [1.29, 1.82) is 0 Å². The van der Waals surface area contributed by atoms with Gasteiger partial charge in [-0.05, 0) is 28.1 Å². The molecule has 3 heterocycles. The fourth-order valence-electron chi connectivity index (χ4n) is 1.60. The van der Waals surface area contributed by atoms with Crippen LogP contribution in [0.2, 0.25) is 0 Å². The van der Waals surface area contributed by atoms with Gasteiger partial charge in [-0.15, -0.1) is 11.3 Å². The van der Waals surface area contributed by atoms with E-state index < -0.39 is 0 Å². The molecule has 0 aliphatic heterocycles. The van der Waals surface area contributed by atoms with E-state index in [-0.39, 0.29) is 0 Å². The number of carbonyl (C=O) groups is 1. The third-order valence-electron chi connectivity index (χ3n) is 2.45. The largest absolute Gasteiger partial charge is 0.298 e. The van der Waals surface area contributed by atoms with Crippen molar-refractivity contribution in [2.45, 2.75) is 0 Å². The Morgan fingerprint density at radius 3 is 2.84 bits per heavy atom.